The molecule has 48 heavy (non-hydrogen) atoms. The first-order valence-corrected chi connectivity index (χ1v) is 17.0. The molecule has 3 aromatic rings. The minimum Gasteiger partial charge on any atom is -0.465 e. The third-order valence-corrected chi connectivity index (χ3v) is 9.19. The lowest BCUT2D eigenvalue weighted by atomic mass is 9.93. The smallest absolute Gasteiger partial charge is 0.404 e. The summed E-state index contributed by atoms with van der Waals surface area (Å²) >= 11 is 24.7. The number of hydrogen-bond acceptors (Lipinski definition) is 4. The summed E-state index contributed by atoms with van der Waals surface area (Å²) in [5, 5.41) is 15.4. The van der Waals surface area contributed by atoms with Crippen LogP contribution in [-0.2, 0) is 20.8 Å². The van der Waals surface area contributed by atoms with Crippen LogP contribution in [0.3, 0.4) is 0 Å². The van der Waals surface area contributed by atoms with E-state index in [4.69, 9.17) is 51.5 Å². The highest BCUT2D eigenvalue weighted by molar-refractivity contribution is 6.42. The monoisotopic (exact) mass is 729 g/mol. The van der Waals surface area contributed by atoms with Crippen molar-refractivity contribution in [3.05, 3.63) is 115 Å². The fraction of sp³-hybridized carbons (Fsp3) is 0.278. The highest BCUT2D eigenvalue weighted by Crippen LogP contribution is 2.28. The van der Waals surface area contributed by atoms with E-state index in [0.717, 1.165) is 18.4 Å². The Morgan fingerprint density at radius 1 is 0.771 bits per heavy atom. The van der Waals surface area contributed by atoms with Crippen LogP contribution in [0.1, 0.15) is 48.8 Å². The van der Waals surface area contributed by atoms with Gasteiger partial charge in [-0.05, 0) is 65.9 Å². The van der Waals surface area contributed by atoms with Gasteiger partial charge in [-0.3, -0.25) is 14.4 Å². The summed E-state index contributed by atoms with van der Waals surface area (Å²) in [6, 6.07) is 18.5. The van der Waals surface area contributed by atoms with Crippen LogP contribution >= 0.6 is 46.4 Å². The topological polar surface area (TPSA) is 116 Å². The van der Waals surface area contributed by atoms with Crippen molar-refractivity contribution in [2.24, 2.45) is 0 Å². The first-order chi connectivity index (χ1) is 23.0. The molecule has 1 heterocycles. The second-order valence-corrected chi connectivity index (χ2v) is 13.0. The van der Waals surface area contributed by atoms with Gasteiger partial charge < -0.3 is 20.6 Å². The summed E-state index contributed by atoms with van der Waals surface area (Å²) in [5.74, 6) is -0.836. The Labute approximate surface area is 299 Å². The predicted molar refractivity (Wildman–Crippen MR) is 192 cm³/mol. The maximum atomic E-state index is 14.3. The minimum absolute atomic E-state index is 0.0160. The van der Waals surface area contributed by atoms with Gasteiger partial charge in [0.2, 0.25) is 11.8 Å². The van der Waals surface area contributed by atoms with Crippen LogP contribution in [0.5, 0.6) is 0 Å². The van der Waals surface area contributed by atoms with Gasteiger partial charge in [0, 0.05) is 43.6 Å². The molecule has 0 aromatic heterocycles. The number of rotatable bonds is 13. The van der Waals surface area contributed by atoms with Gasteiger partial charge in [0.1, 0.15) is 6.04 Å². The Morgan fingerprint density at radius 2 is 1.33 bits per heavy atom. The van der Waals surface area contributed by atoms with Crippen LogP contribution in [-0.4, -0.2) is 59.4 Å². The van der Waals surface area contributed by atoms with Crippen LogP contribution in [0, 0.1) is 0 Å². The molecule has 0 unspecified atom stereocenters. The molecule has 0 saturated carbocycles. The first kappa shape index (κ1) is 37.0. The Kier molecular flexibility index (Phi) is 13.9. The molecule has 3 amide bonds. The van der Waals surface area contributed by atoms with E-state index in [-0.39, 0.29) is 43.5 Å². The van der Waals surface area contributed by atoms with E-state index in [1.165, 1.54) is 0 Å². The SMILES string of the molecule is O=C(O)NCCCCCCC(=O)N[C@@H](Cc1ccccc1)C(=O)N1C/C(=C\c2ccc(Cl)c(Cl)c2)C(=O)/C(=C/c2ccc(Cl)c(Cl)c2)C1. The number of ketones is 1. The molecule has 3 N–H and O–H groups in total. The molecule has 1 atom stereocenters. The molecule has 3 aromatic carbocycles. The van der Waals surface area contributed by atoms with Gasteiger partial charge in [-0.15, -0.1) is 0 Å². The average Bonchev–Trinajstić information content (AvgIpc) is 3.05. The lowest BCUT2D eigenvalue weighted by Gasteiger charge is -2.33. The number of benzene rings is 3. The Balaban J connectivity index is 1.58. The Morgan fingerprint density at radius 3 is 1.88 bits per heavy atom. The van der Waals surface area contributed by atoms with Gasteiger partial charge in [-0.2, -0.15) is 0 Å². The average molecular weight is 732 g/mol. The van der Waals surface area contributed by atoms with E-state index in [0.29, 0.717) is 61.8 Å². The van der Waals surface area contributed by atoms with E-state index in [2.05, 4.69) is 10.6 Å². The predicted octanol–water partition coefficient (Wildman–Crippen LogP) is 8.12. The molecule has 0 radical (unpaired) electrons. The molecule has 0 aliphatic carbocycles. The number of carbonyl (C=O) groups is 4. The van der Waals surface area contributed by atoms with Crippen LogP contribution in [0.15, 0.2) is 77.9 Å². The lowest BCUT2D eigenvalue weighted by molar-refractivity contribution is -0.136. The minimum atomic E-state index is -1.06. The largest absolute Gasteiger partial charge is 0.465 e. The van der Waals surface area contributed by atoms with E-state index in [1.807, 2.05) is 30.3 Å². The van der Waals surface area contributed by atoms with Gasteiger partial charge in [0.15, 0.2) is 5.78 Å². The van der Waals surface area contributed by atoms with Crippen molar-refractivity contribution in [1.82, 2.24) is 15.5 Å². The number of hydrogen-bond donors (Lipinski definition) is 3. The van der Waals surface area contributed by atoms with E-state index >= 15 is 0 Å². The fourth-order valence-electron chi connectivity index (χ4n) is 5.30. The molecule has 0 spiro atoms. The van der Waals surface area contributed by atoms with Gasteiger partial charge in [-0.25, -0.2) is 4.79 Å². The molecule has 8 nitrogen and oxygen atoms in total. The zero-order valence-corrected chi connectivity index (χ0v) is 29.0. The summed E-state index contributed by atoms with van der Waals surface area (Å²) in [7, 11) is 0. The van der Waals surface area contributed by atoms with Crippen LogP contribution < -0.4 is 10.6 Å². The molecule has 1 aliphatic heterocycles. The molecule has 1 saturated heterocycles. The molecular formula is C36H35Cl4N3O5. The quantitative estimate of drug-likeness (QED) is 0.121. The molecule has 1 fully saturated rings. The van der Waals surface area contributed by atoms with Crippen molar-refractivity contribution in [3.8, 4) is 0 Å². The number of nitrogens with zero attached hydrogens (tertiary/aromatic N) is 1. The van der Waals surface area contributed by atoms with Gasteiger partial charge in [0.05, 0.1) is 20.1 Å². The molecular weight excluding hydrogens is 696 g/mol. The van der Waals surface area contributed by atoms with Gasteiger partial charge >= 0.3 is 6.09 Å². The second kappa shape index (κ2) is 18.1. The highest BCUT2D eigenvalue weighted by Gasteiger charge is 2.33. The van der Waals surface area contributed by atoms with Crippen LogP contribution in [0.25, 0.3) is 12.2 Å². The van der Waals surface area contributed by atoms with Crippen molar-refractivity contribution in [2.75, 3.05) is 19.6 Å². The number of piperidine rings is 1. The van der Waals surface area contributed by atoms with Crippen molar-refractivity contribution < 1.29 is 24.3 Å². The number of amides is 3. The fourth-order valence-corrected chi connectivity index (χ4v) is 5.91. The van der Waals surface area contributed by atoms with Crippen molar-refractivity contribution in [2.45, 2.75) is 44.6 Å². The van der Waals surface area contributed by atoms with Crippen molar-refractivity contribution in [1.29, 1.82) is 0 Å². The van der Waals surface area contributed by atoms with E-state index in [1.54, 1.807) is 53.5 Å². The number of Topliss-reactive ketones (excluding diaryl/α,β-unsaturated/α-hetero) is 1. The van der Waals surface area contributed by atoms with Gasteiger partial charge in [0.25, 0.3) is 0 Å². The number of carbonyl (C=O) groups excluding carboxylic acids is 3. The van der Waals surface area contributed by atoms with E-state index in [9.17, 15) is 19.2 Å². The summed E-state index contributed by atoms with van der Waals surface area (Å²) in [6.07, 6.45) is 5.56. The standard InChI is InChI=1S/C36H35Cl4N3O5/c37-28-13-11-24(18-30(28)39)16-26-21-43(22-27(34(26)45)17-25-12-14-29(38)31(40)19-25)35(46)32(20-23-8-4-3-5-9-23)42-33(44)10-6-1-2-7-15-41-36(47)48/h3-5,8-9,11-14,16-19,32,41H,1-2,6-7,10,15,20-22H2,(H,42,44)(H,47,48)/b26-16+,27-17+/t32-/m0/s1. The number of halogens is 4. The van der Waals surface area contributed by atoms with E-state index < -0.39 is 12.1 Å². The van der Waals surface area contributed by atoms with Crippen LogP contribution in [0.2, 0.25) is 20.1 Å². The third kappa shape index (κ3) is 11.1. The maximum Gasteiger partial charge on any atom is 0.404 e. The number of likely N-dealkylation sites (tertiary alicyclic amines) is 1. The summed E-state index contributed by atoms with van der Waals surface area (Å²) in [6.45, 7) is 0.390. The summed E-state index contributed by atoms with van der Waals surface area (Å²) in [5.41, 5.74) is 2.88. The third-order valence-electron chi connectivity index (χ3n) is 7.71. The summed E-state index contributed by atoms with van der Waals surface area (Å²) in [4.78, 5) is 53.3. The summed E-state index contributed by atoms with van der Waals surface area (Å²) < 4.78 is 0. The molecule has 1 aliphatic rings. The molecule has 252 valence electrons. The normalized spacial score (nSPS) is 15.4. The van der Waals surface area contributed by atoms with Crippen molar-refractivity contribution >= 4 is 82.2 Å². The van der Waals surface area contributed by atoms with Crippen molar-refractivity contribution in [3.63, 3.8) is 0 Å². The molecule has 4 rings (SSSR count). The Hall–Kier alpha value is -3.82. The Bertz CT molecular complexity index is 1640. The first-order valence-electron chi connectivity index (χ1n) is 15.4. The number of nitrogens with one attached hydrogen (secondary N) is 2. The molecule has 0 bridgehead atoms. The zero-order valence-electron chi connectivity index (χ0n) is 26.0. The maximum absolute atomic E-state index is 14.3. The van der Waals surface area contributed by atoms with Gasteiger partial charge in [-0.1, -0.05) is 102 Å². The van der Waals surface area contributed by atoms with Crippen LogP contribution in [0.4, 0.5) is 4.79 Å². The zero-order chi connectivity index (χ0) is 34.6. The number of carboxylic acid groups (broad SMARTS) is 1. The molecule has 12 heteroatoms. The number of unbranched alkanes of at least 4 members (excludes halogenated alkanes) is 3. The second-order valence-electron chi connectivity index (χ2n) is 11.4. The lowest BCUT2D eigenvalue weighted by Crippen LogP contribution is -2.52. The highest BCUT2D eigenvalue weighted by atomic mass is 35.5.